The molecule has 4 heterocycles. The molecule has 0 aromatic carbocycles. The average Bonchev–Trinajstić information content (AvgIpc) is 3.34. The molecule has 2 aliphatic rings. The van der Waals surface area contributed by atoms with Crippen LogP contribution >= 0.6 is 11.6 Å². The Morgan fingerprint density at radius 2 is 1.90 bits per heavy atom. The molecule has 1 saturated heterocycles. The third-order valence-corrected chi connectivity index (χ3v) is 6.35. The molecule has 156 valence electrons. The van der Waals surface area contributed by atoms with Crippen molar-refractivity contribution in [3.05, 3.63) is 48.1 Å². The maximum absolute atomic E-state index is 5.88. The van der Waals surface area contributed by atoms with Crippen molar-refractivity contribution in [2.75, 3.05) is 24.6 Å². The summed E-state index contributed by atoms with van der Waals surface area (Å²) in [5.74, 6) is 3.87. The highest BCUT2D eigenvalue weighted by Crippen LogP contribution is 2.49. The lowest BCUT2D eigenvalue weighted by Gasteiger charge is -2.32. The van der Waals surface area contributed by atoms with E-state index in [2.05, 4.69) is 30.2 Å². The molecule has 1 unspecified atom stereocenters. The summed E-state index contributed by atoms with van der Waals surface area (Å²) in [5, 5.41) is 8.35. The number of pyridine rings is 1. The second-order valence-electron chi connectivity index (χ2n) is 8.02. The summed E-state index contributed by atoms with van der Waals surface area (Å²) < 4.78 is 7.53. The van der Waals surface area contributed by atoms with Gasteiger partial charge in [-0.25, -0.2) is 19.6 Å². The topological polar surface area (TPSA) is 81.9 Å². The fraction of sp³-hybridized carbons (Fsp3) is 0.476. The van der Waals surface area contributed by atoms with E-state index < -0.39 is 0 Å². The zero-order chi connectivity index (χ0) is 20.3. The van der Waals surface area contributed by atoms with Crippen LogP contribution in [0.5, 0.6) is 5.88 Å². The van der Waals surface area contributed by atoms with E-state index >= 15 is 0 Å². The fourth-order valence-corrected chi connectivity index (χ4v) is 4.53. The summed E-state index contributed by atoms with van der Waals surface area (Å²) in [6.07, 6.45) is 13.4. The average molecular weight is 426 g/mol. The molecule has 1 aliphatic heterocycles. The lowest BCUT2D eigenvalue weighted by atomic mass is 9.90. The molecular formula is C21H24ClN7O. The predicted molar refractivity (Wildman–Crippen MR) is 113 cm³/mol. The number of ether oxygens (including phenoxy) is 1. The number of hydrogen-bond acceptors (Lipinski definition) is 7. The van der Waals surface area contributed by atoms with Crippen LogP contribution < -0.4 is 9.64 Å². The van der Waals surface area contributed by atoms with Gasteiger partial charge in [0.25, 0.3) is 0 Å². The van der Waals surface area contributed by atoms with Crippen molar-refractivity contribution in [2.24, 2.45) is 17.8 Å². The van der Waals surface area contributed by atoms with E-state index in [1.54, 1.807) is 35.7 Å². The molecule has 0 bridgehead atoms. The Balaban J connectivity index is 1.03. The first-order chi connectivity index (χ1) is 14.8. The first kappa shape index (κ1) is 19.2. The van der Waals surface area contributed by atoms with Crippen LogP contribution in [-0.4, -0.2) is 49.6 Å². The van der Waals surface area contributed by atoms with E-state index in [1.807, 2.05) is 12.1 Å². The number of rotatable bonds is 7. The highest BCUT2D eigenvalue weighted by atomic mass is 35.5. The van der Waals surface area contributed by atoms with Gasteiger partial charge in [0.05, 0.1) is 48.3 Å². The quantitative estimate of drug-likeness (QED) is 0.573. The molecule has 0 amide bonds. The van der Waals surface area contributed by atoms with E-state index in [9.17, 15) is 0 Å². The first-order valence-corrected chi connectivity index (χ1v) is 10.8. The minimum Gasteiger partial charge on any atom is -0.478 e. The molecule has 3 aromatic heterocycles. The summed E-state index contributed by atoms with van der Waals surface area (Å²) in [6.45, 7) is 2.76. The first-order valence-electron chi connectivity index (χ1n) is 10.4. The summed E-state index contributed by atoms with van der Waals surface area (Å²) >= 11 is 5.88. The van der Waals surface area contributed by atoms with Gasteiger partial charge in [-0.1, -0.05) is 16.8 Å². The Kier molecular flexibility index (Phi) is 5.48. The second kappa shape index (κ2) is 8.55. The molecule has 0 spiro atoms. The van der Waals surface area contributed by atoms with E-state index in [1.165, 1.54) is 19.3 Å². The molecule has 2 atom stereocenters. The standard InChI is InChI=1S/C21H24ClN7O/c22-17-12-24-21(25-13-17)28-7-3-15(4-8-28)19-11-16(19)5-10-30-20-2-1-18(14-23-20)29-9-6-26-27-29/h1-2,6,9,12-16,19H,3-5,7-8,10-11H2/t16-,19?/m1/s1. The van der Waals surface area contributed by atoms with Crippen molar-refractivity contribution in [3.8, 4) is 11.6 Å². The maximum atomic E-state index is 5.88. The van der Waals surface area contributed by atoms with Gasteiger partial charge >= 0.3 is 0 Å². The molecule has 8 nitrogen and oxygen atoms in total. The molecule has 0 radical (unpaired) electrons. The highest BCUT2D eigenvalue weighted by molar-refractivity contribution is 6.30. The van der Waals surface area contributed by atoms with Crippen LogP contribution in [-0.2, 0) is 0 Å². The maximum Gasteiger partial charge on any atom is 0.225 e. The summed E-state index contributed by atoms with van der Waals surface area (Å²) in [5.41, 5.74) is 0.873. The molecule has 1 saturated carbocycles. The Morgan fingerprint density at radius 1 is 1.07 bits per heavy atom. The number of hydrogen-bond donors (Lipinski definition) is 0. The van der Waals surface area contributed by atoms with Gasteiger partial charge in [0.2, 0.25) is 11.8 Å². The SMILES string of the molecule is Clc1cnc(N2CCC(C3C[C@H]3CCOc3ccc(-n4ccnn4)cn3)CC2)nc1. The van der Waals surface area contributed by atoms with Gasteiger partial charge in [-0.05, 0) is 49.5 Å². The van der Waals surface area contributed by atoms with Crippen LogP contribution in [0.1, 0.15) is 25.7 Å². The minimum atomic E-state index is 0.582. The minimum absolute atomic E-state index is 0.582. The monoisotopic (exact) mass is 425 g/mol. The van der Waals surface area contributed by atoms with Crippen LogP contribution in [0, 0.1) is 17.8 Å². The van der Waals surface area contributed by atoms with Crippen LogP contribution in [0.4, 0.5) is 5.95 Å². The molecule has 5 rings (SSSR count). The van der Waals surface area contributed by atoms with Gasteiger partial charge in [0, 0.05) is 19.2 Å². The Morgan fingerprint density at radius 3 is 2.60 bits per heavy atom. The molecular weight excluding hydrogens is 402 g/mol. The van der Waals surface area contributed by atoms with Gasteiger partial charge < -0.3 is 9.64 Å². The van der Waals surface area contributed by atoms with Gasteiger partial charge in [0.15, 0.2) is 0 Å². The third-order valence-electron chi connectivity index (χ3n) is 6.16. The number of aromatic nitrogens is 6. The fourth-order valence-electron chi connectivity index (χ4n) is 4.43. The highest BCUT2D eigenvalue weighted by Gasteiger charge is 2.43. The van der Waals surface area contributed by atoms with Crippen LogP contribution in [0.3, 0.4) is 0 Å². The van der Waals surface area contributed by atoms with E-state index in [0.29, 0.717) is 17.5 Å². The van der Waals surface area contributed by atoms with Crippen LogP contribution in [0.15, 0.2) is 43.1 Å². The zero-order valence-corrected chi connectivity index (χ0v) is 17.4. The van der Waals surface area contributed by atoms with Crippen molar-refractivity contribution in [3.63, 3.8) is 0 Å². The van der Waals surface area contributed by atoms with Crippen LogP contribution in [0.25, 0.3) is 5.69 Å². The predicted octanol–water partition coefficient (Wildman–Crippen LogP) is 3.43. The Labute approximate surface area is 180 Å². The van der Waals surface area contributed by atoms with E-state index in [-0.39, 0.29) is 0 Å². The molecule has 1 aliphatic carbocycles. The van der Waals surface area contributed by atoms with Gasteiger partial charge in [0.1, 0.15) is 0 Å². The normalized spacial score (nSPS) is 21.6. The molecule has 9 heteroatoms. The third kappa shape index (κ3) is 4.38. The van der Waals surface area contributed by atoms with Crippen molar-refractivity contribution >= 4 is 17.5 Å². The number of piperidine rings is 1. The van der Waals surface area contributed by atoms with E-state index in [4.69, 9.17) is 16.3 Å². The smallest absolute Gasteiger partial charge is 0.225 e. The summed E-state index contributed by atoms with van der Waals surface area (Å²) in [7, 11) is 0. The number of anilines is 1. The van der Waals surface area contributed by atoms with Crippen molar-refractivity contribution in [1.82, 2.24) is 29.9 Å². The van der Waals surface area contributed by atoms with Gasteiger partial charge in [-0.3, -0.25) is 0 Å². The second-order valence-corrected chi connectivity index (χ2v) is 8.46. The molecule has 30 heavy (non-hydrogen) atoms. The molecule has 0 N–H and O–H groups in total. The zero-order valence-electron chi connectivity index (χ0n) is 16.6. The largest absolute Gasteiger partial charge is 0.478 e. The Hall–Kier alpha value is -2.74. The van der Waals surface area contributed by atoms with Crippen molar-refractivity contribution in [2.45, 2.75) is 25.7 Å². The lowest BCUT2D eigenvalue weighted by Crippen LogP contribution is -2.35. The number of halogens is 1. The summed E-state index contributed by atoms with van der Waals surface area (Å²) in [6, 6.07) is 3.82. The van der Waals surface area contributed by atoms with Crippen LogP contribution in [0.2, 0.25) is 5.02 Å². The lowest BCUT2D eigenvalue weighted by molar-refractivity contribution is 0.276. The van der Waals surface area contributed by atoms with Gasteiger partial charge in [-0.2, -0.15) is 0 Å². The molecule has 3 aromatic rings. The summed E-state index contributed by atoms with van der Waals surface area (Å²) in [4.78, 5) is 15.3. The van der Waals surface area contributed by atoms with Gasteiger partial charge in [-0.15, -0.1) is 5.10 Å². The molecule has 2 fully saturated rings. The van der Waals surface area contributed by atoms with E-state index in [0.717, 1.165) is 48.9 Å². The van der Waals surface area contributed by atoms with Crippen molar-refractivity contribution in [1.29, 1.82) is 0 Å². The van der Waals surface area contributed by atoms with Crippen molar-refractivity contribution < 1.29 is 4.74 Å². The Bertz CT molecular complexity index is 941. The number of nitrogens with zero attached hydrogens (tertiary/aromatic N) is 7.